The number of nitrogens with zero attached hydrogens (tertiary/aromatic N) is 2. The number of aliphatic hydroxyl groups is 1. The number of ether oxygens (including phenoxy) is 5. The number of carbonyl (C=O) groups is 3. The van der Waals surface area contributed by atoms with Gasteiger partial charge in [0.1, 0.15) is 11.5 Å². The first-order valence-corrected chi connectivity index (χ1v) is 17.5. The predicted molar refractivity (Wildman–Crippen MR) is 197 cm³/mol. The van der Waals surface area contributed by atoms with Crippen LogP contribution in [0.15, 0.2) is 60.7 Å². The Morgan fingerprint density at radius 2 is 1.62 bits per heavy atom. The van der Waals surface area contributed by atoms with Crippen molar-refractivity contribution in [3.8, 4) is 23.0 Å². The van der Waals surface area contributed by atoms with Crippen LogP contribution in [-0.4, -0.2) is 98.4 Å². The zero-order chi connectivity index (χ0) is 37.2. The number of methoxy groups -OCH3 is 1. The second-order valence-electron chi connectivity index (χ2n) is 13.2. The molecule has 0 spiro atoms. The van der Waals surface area contributed by atoms with Crippen LogP contribution in [0.1, 0.15) is 50.4 Å². The summed E-state index contributed by atoms with van der Waals surface area (Å²) in [6, 6.07) is 15.7. The van der Waals surface area contributed by atoms with Gasteiger partial charge in [-0.05, 0) is 87.7 Å². The van der Waals surface area contributed by atoms with Gasteiger partial charge in [0, 0.05) is 55.8 Å². The van der Waals surface area contributed by atoms with Gasteiger partial charge in [-0.1, -0.05) is 6.92 Å². The summed E-state index contributed by atoms with van der Waals surface area (Å²) < 4.78 is 28.7. The van der Waals surface area contributed by atoms with Gasteiger partial charge >= 0.3 is 12.1 Å². The molecule has 4 atom stereocenters. The lowest BCUT2D eigenvalue weighted by atomic mass is 10.0. The minimum Gasteiger partial charge on any atom is -0.497 e. The molecule has 2 aliphatic rings. The highest BCUT2D eigenvalue weighted by Crippen LogP contribution is 2.34. The van der Waals surface area contributed by atoms with E-state index in [9.17, 15) is 19.5 Å². The molecule has 4 N–H and O–H groups in total. The van der Waals surface area contributed by atoms with Gasteiger partial charge in [-0.3, -0.25) is 4.79 Å². The average molecular weight is 720 g/mol. The summed E-state index contributed by atoms with van der Waals surface area (Å²) in [4.78, 5) is 43.8. The van der Waals surface area contributed by atoms with Crippen molar-refractivity contribution >= 4 is 35.0 Å². The van der Waals surface area contributed by atoms with E-state index in [1.165, 1.54) is 0 Å². The van der Waals surface area contributed by atoms with Crippen LogP contribution in [0.2, 0.25) is 0 Å². The zero-order valence-corrected chi connectivity index (χ0v) is 30.3. The number of carbonyl (C=O) groups excluding carboxylic acids is 3. The molecule has 14 nitrogen and oxygen atoms in total. The number of urea groups is 2. The third-order valence-electron chi connectivity index (χ3n) is 9.08. The van der Waals surface area contributed by atoms with Gasteiger partial charge < -0.3 is 54.5 Å². The molecular formula is C38H49N5O9. The van der Waals surface area contributed by atoms with E-state index in [4.69, 9.17) is 23.7 Å². The Kier molecular flexibility index (Phi) is 13.0. The van der Waals surface area contributed by atoms with Crippen LogP contribution < -0.4 is 34.9 Å². The highest BCUT2D eigenvalue weighted by Gasteiger charge is 2.31. The van der Waals surface area contributed by atoms with E-state index in [0.29, 0.717) is 46.7 Å². The van der Waals surface area contributed by atoms with Gasteiger partial charge in [-0.2, -0.15) is 0 Å². The lowest BCUT2D eigenvalue weighted by Gasteiger charge is -2.35. The standard InChI is InChI=1S/C38H49N5O9/c1-24-20-43(25(2)22-44)36(45)31-18-28(40-37(46)39-27-9-13-30(48-5)14-10-27)11-15-32(31)52-26(3)8-6-7-17-49-35(24)21-42(4)38(47)41-29-12-16-33-34(19-29)51-23-50-33/h9-16,18-19,24-26,35,44H,6-8,17,20-23H2,1-5H3,(H,41,47)(H2,39,40,46)/t24-,25-,26-,35-/m0/s1. The lowest BCUT2D eigenvalue weighted by molar-refractivity contribution is -0.0115. The van der Waals surface area contributed by atoms with Crippen LogP contribution in [0, 0.1) is 5.92 Å². The molecule has 0 aliphatic carbocycles. The van der Waals surface area contributed by atoms with E-state index in [1.807, 2.05) is 13.8 Å². The molecule has 3 aromatic carbocycles. The number of fused-ring (bicyclic) bond motifs is 2. The number of hydrogen-bond donors (Lipinski definition) is 4. The third-order valence-corrected chi connectivity index (χ3v) is 9.08. The number of anilines is 3. The molecule has 0 saturated carbocycles. The molecule has 52 heavy (non-hydrogen) atoms. The van der Waals surface area contributed by atoms with Crippen LogP contribution in [0.5, 0.6) is 23.0 Å². The topological polar surface area (TPSA) is 160 Å². The SMILES string of the molecule is COc1ccc(NC(=O)Nc2ccc3c(c2)C(=O)N([C@@H](C)CO)C[C@H](C)[C@H](CN(C)C(=O)Nc2ccc4c(c2)OCO4)OCCCC[C@H](C)O3)cc1. The Hall–Kier alpha value is -5.21. The molecule has 0 bridgehead atoms. The summed E-state index contributed by atoms with van der Waals surface area (Å²) in [7, 11) is 3.26. The molecule has 280 valence electrons. The van der Waals surface area contributed by atoms with Gasteiger partial charge in [-0.15, -0.1) is 0 Å². The van der Waals surface area contributed by atoms with Crippen molar-refractivity contribution in [3.05, 3.63) is 66.2 Å². The summed E-state index contributed by atoms with van der Waals surface area (Å²) in [5, 5.41) is 18.8. The number of rotatable bonds is 8. The average Bonchev–Trinajstić information content (AvgIpc) is 3.61. The molecule has 3 aromatic rings. The first-order chi connectivity index (χ1) is 25.0. The quantitative estimate of drug-likeness (QED) is 0.218. The number of aliphatic hydroxyl groups excluding tert-OH is 1. The molecule has 0 saturated heterocycles. The van der Waals surface area contributed by atoms with Crippen molar-refractivity contribution in [2.75, 3.05) is 63.2 Å². The monoisotopic (exact) mass is 719 g/mol. The number of hydrogen-bond acceptors (Lipinski definition) is 9. The van der Waals surface area contributed by atoms with Gasteiger partial charge in [0.2, 0.25) is 6.79 Å². The highest BCUT2D eigenvalue weighted by atomic mass is 16.7. The first-order valence-electron chi connectivity index (χ1n) is 17.5. The fourth-order valence-electron chi connectivity index (χ4n) is 5.98. The molecule has 0 unspecified atom stereocenters. The zero-order valence-electron chi connectivity index (χ0n) is 30.3. The van der Waals surface area contributed by atoms with Crippen LogP contribution in [0.25, 0.3) is 0 Å². The second-order valence-corrected chi connectivity index (χ2v) is 13.2. The Morgan fingerprint density at radius 3 is 2.35 bits per heavy atom. The van der Waals surface area contributed by atoms with E-state index in [0.717, 1.165) is 19.3 Å². The van der Waals surface area contributed by atoms with E-state index in [1.54, 1.807) is 91.5 Å². The molecule has 0 fully saturated rings. The summed E-state index contributed by atoms with van der Waals surface area (Å²) in [5.41, 5.74) is 1.76. The third kappa shape index (κ3) is 9.98. The van der Waals surface area contributed by atoms with Gasteiger partial charge in [0.05, 0.1) is 37.5 Å². The summed E-state index contributed by atoms with van der Waals surface area (Å²) in [6.45, 7) is 6.46. The van der Waals surface area contributed by atoms with Crippen molar-refractivity contribution in [1.29, 1.82) is 0 Å². The molecule has 5 rings (SSSR count). The minimum absolute atomic E-state index is 0.135. The number of amides is 5. The van der Waals surface area contributed by atoms with E-state index in [2.05, 4.69) is 16.0 Å². The summed E-state index contributed by atoms with van der Waals surface area (Å²) in [6.07, 6.45) is 1.68. The predicted octanol–water partition coefficient (Wildman–Crippen LogP) is 6.03. The largest absolute Gasteiger partial charge is 0.497 e. The Bertz CT molecular complexity index is 1690. The summed E-state index contributed by atoms with van der Waals surface area (Å²) in [5.74, 6) is 1.60. The van der Waals surface area contributed by atoms with Crippen molar-refractivity contribution in [2.24, 2.45) is 5.92 Å². The smallest absolute Gasteiger partial charge is 0.323 e. The molecule has 14 heteroatoms. The molecule has 2 heterocycles. The van der Waals surface area contributed by atoms with E-state index >= 15 is 0 Å². The highest BCUT2D eigenvalue weighted by molar-refractivity contribution is 6.02. The Balaban J connectivity index is 1.34. The van der Waals surface area contributed by atoms with Crippen LogP contribution >= 0.6 is 0 Å². The van der Waals surface area contributed by atoms with Crippen molar-refractivity contribution in [1.82, 2.24) is 9.80 Å². The molecular weight excluding hydrogens is 670 g/mol. The van der Waals surface area contributed by atoms with Crippen LogP contribution in [0.4, 0.5) is 26.7 Å². The minimum atomic E-state index is -0.559. The molecule has 2 aliphatic heterocycles. The van der Waals surface area contributed by atoms with Crippen molar-refractivity contribution in [3.63, 3.8) is 0 Å². The number of nitrogens with one attached hydrogen (secondary N) is 3. The number of likely N-dealkylation sites (N-methyl/N-ethyl adjacent to an activating group) is 1. The molecule has 0 radical (unpaired) electrons. The first kappa shape index (κ1) is 38.0. The molecule has 5 amide bonds. The van der Waals surface area contributed by atoms with Crippen molar-refractivity contribution in [2.45, 2.75) is 58.3 Å². The van der Waals surface area contributed by atoms with E-state index in [-0.39, 0.29) is 56.0 Å². The van der Waals surface area contributed by atoms with E-state index < -0.39 is 18.2 Å². The lowest BCUT2D eigenvalue weighted by Crippen LogP contribution is -2.48. The maximum atomic E-state index is 14.4. The second kappa shape index (κ2) is 17.8. The molecule has 0 aromatic heterocycles. The normalized spacial score (nSPS) is 19.7. The van der Waals surface area contributed by atoms with Crippen LogP contribution in [-0.2, 0) is 4.74 Å². The number of benzene rings is 3. The summed E-state index contributed by atoms with van der Waals surface area (Å²) >= 11 is 0. The maximum Gasteiger partial charge on any atom is 0.323 e. The Morgan fingerprint density at radius 1 is 0.942 bits per heavy atom. The van der Waals surface area contributed by atoms with Gasteiger partial charge in [-0.25, -0.2) is 9.59 Å². The van der Waals surface area contributed by atoms with Gasteiger partial charge in [0.25, 0.3) is 5.91 Å². The van der Waals surface area contributed by atoms with Crippen LogP contribution in [0.3, 0.4) is 0 Å². The Labute approximate surface area is 304 Å². The van der Waals surface area contributed by atoms with Crippen molar-refractivity contribution < 1.29 is 43.2 Å². The fraction of sp³-hybridized carbons (Fsp3) is 0.447. The maximum absolute atomic E-state index is 14.4. The van der Waals surface area contributed by atoms with Gasteiger partial charge in [0.15, 0.2) is 11.5 Å². The fourth-order valence-corrected chi connectivity index (χ4v) is 5.98.